The summed E-state index contributed by atoms with van der Waals surface area (Å²) in [6.45, 7) is 8.95. The second-order valence-electron chi connectivity index (χ2n) is 6.61. The fourth-order valence-corrected chi connectivity index (χ4v) is 4.13. The van der Waals surface area contributed by atoms with Crippen molar-refractivity contribution in [1.82, 2.24) is 14.9 Å². The highest BCUT2D eigenvalue weighted by molar-refractivity contribution is 9.11. The number of nitrogens with zero attached hydrogens (tertiary/aromatic N) is 2. The molecule has 4 rings (SSSR count). The number of fused-ring (bicyclic) bond motifs is 1. The van der Waals surface area contributed by atoms with Gasteiger partial charge < -0.3 is 9.88 Å². The molecule has 2 heterocycles. The van der Waals surface area contributed by atoms with Crippen LogP contribution in [0.15, 0.2) is 41.1 Å². The largest absolute Gasteiger partial charge is 0.363 e. The molecule has 0 radical (unpaired) electrons. The fraction of sp³-hybridized carbons (Fsp3) is 0.412. The molecule has 1 aromatic rings. The van der Waals surface area contributed by atoms with Crippen molar-refractivity contribution in [3.63, 3.8) is 0 Å². The minimum Gasteiger partial charge on any atom is -0.363 e. The number of hydrogen-bond donors (Lipinski definition) is 1. The van der Waals surface area contributed by atoms with Gasteiger partial charge in [-0.25, -0.2) is 4.98 Å². The van der Waals surface area contributed by atoms with Crippen molar-refractivity contribution in [2.45, 2.75) is 37.8 Å². The minimum atomic E-state index is -0.142. The van der Waals surface area contributed by atoms with E-state index in [2.05, 4.69) is 50.0 Å². The van der Waals surface area contributed by atoms with Gasteiger partial charge >= 0.3 is 0 Å². The van der Waals surface area contributed by atoms with Gasteiger partial charge in [-0.15, -0.1) is 0 Å². The Kier molecular flexibility index (Phi) is 3.20. The Morgan fingerprint density at radius 3 is 3.00 bits per heavy atom. The van der Waals surface area contributed by atoms with Crippen molar-refractivity contribution in [3.8, 4) is 0 Å². The van der Waals surface area contributed by atoms with Crippen molar-refractivity contribution in [2.75, 3.05) is 0 Å². The summed E-state index contributed by atoms with van der Waals surface area (Å²) in [5, 5.41) is 3.53. The molecule has 0 saturated heterocycles. The summed E-state index contributed by atoms with van der Waals surface area (Å²) in [6, 6.07) is 0. The molecule has 3 aliphatic rings. The maximum absolute atomic E-state index is 5.59. The Morgan fingerprint density at radius 1 is 1.59 bits per heavy atom. The average molecular weight is 376 g/mol. The molecule has 0 amide bonds. The summed E-state index contributed by atoms with van der Waals surface area (Å²) in [5.41, 5.74) is 3.26. The third-order valence-corrected chi connectivity index (χ3v) is 5.37. The van der Waals surface area contributed by atoms with Crippen molar-refractivity contribution in [3.05, 3.63) is 52.6 Å². The van der Waals surface area contributed by atoms with Crippen LogP contribution < -0.4 is 5.32 Å². The molecule has 0 bridgehead atoms. The van der Waals surface area contributed by atoms with E-state index in [-0.39, 0.29) is 5.54 Å². The van der Waals surface area contributed by atoms with Gasteiger partial charge in [-0.05, 0) is 36.0 Å². The lowest BCUT2D eigenvalue weighted by molar-refractivity contribution is 0.316. The van der Waals surface area contributed by atoms with Crippen molar-refractivity contribution in [2.24, 2.45) is 5.92 Å². The Morgan fingerprint density at radius 2 is 2.36 bits per heavy atom. The third-order valence-electron chi connectivity index (χ3n) is 4.83. The zero-order valence-corrected chi connectivity index (χ0v) is 14.8. The van der Waals surface area contributed by atoms with E-state index in [1.165, 1.54) is 24.2 Å². The van der Waals surface area contributed by atoms with Gasteiger partial charge in [0.25, 0.3) is 0 Å². The second-order valence-corrected chi connectivity index (χ2v) is 8.04. The lowest BCUT2D eigenvalue weighted by Crippen LogP contribution is -2.62. The standard InChI is InChI=1S/C17H18BrN3S/c1-10-7-17(13(10)5-11(2)18)9-21-14(16(22)20-17)8-19-15(21)6-12-3-4-12/h5,8,12H,1-4,6-7,9H2,(H,20,22)/b13-5+/t17-/m0/s1. The lowest BCUT2D eigenvalue weighted by Gasteiger charge is -2.50. The Bertz CT molecular complexity index is 741. The predicted octanol–water partition coefficient (Wildman–Crippen LogP) is 3.65. The summed E-state index contributed by atoms with van der Waals surface area (Å²) in [7, 11) is 0. The number of rotatable bonds is 3. The van der Waals surface area contributed by atoms with Crippen molar-refractivity contribution >= 4 is 33.1 Å². The number of allylic oxidation sites excluding steroid dienone is 2. The van der Waals surface area contributed by atoms with Crippen LogP contribution in [0.4, 0.5) is 0 Å². The van der Waals surface area contributed by atoms with Crippen LogP contribution in [0.5, 0.6) is 0 Å². The first-order valence-corrected chi connectivity index (χ1v) is 8.80. The molecule has 2 saturated carbocycles. The summed E-state index contributed by atoms with van der Waals surface area (Å²) < 4.78 is 3.18. The zero-order valence-electron chi connectivity index (χ0n) is 12.4. The van der Waals surface area contributed by atoms with Gasteiger partial charge in [0, 0.05) is 17.3 Å². The molecular weight excluding hydrogens is 358 g/mol. The maximum atomic E-state index is 5.59. The molecule has 3 nitrogen and oxygen atoms in total. The van der Waals surface area contributed by atoms with E-state index in [1.807, 2.05) is 6.20 Å². The van der Waals surface area contributed by atoms with Gasteiger partial charge in [0.1, 0.15) is 10.8 Å². The van der Waals surface area contributed by atoms with Crippen LogP contribution in [-0.4, -0.2) is 20.1 Å². The number of thiocarbonyl (C=S) groups is 1. The molecule has 1 aliphatic heterocycles. The molecule has 1 aromatic heterocycles. The molecule has 0 unspecified atom stereocenters. The van der Waals surface area contributed by atoms with Gasteiger partial charge in [-0.1, -0.05) is 41.3 Å². The van der Waals surface area contributed by atoms with Crippen molar-refractivity contribution < 1.29 is 0 Å². The SMILES string of the molecule is C=C(Br)/C=C1\C(=C)C[C@]12Cn1c(cnc1CC1CC1)C(=S)N2. The molecule has 5 heteroatoms. The van der Waals surface area contributed by atoms with Gasteiger partial charge in [0.05, 0.1) is 24.0 Å². The van der Waals surface area contributed by atoms with Gasteiger partial charge in [0.15, 0.2) is 0 Å². The normalized spacial score (nSPS) is 28.5. The summed E-state index contributed by atoms with van der Waals surface area (Å²) in [4.78, 5) is 5.42. The minimum absolute atomic E-state index is 0.142. The Labute approximate surface area is 144 Å². The molecule has 2 aliphatic carbocycles. The number of hydrogen-bond acceptors (Lipinski definition) is 2. The highest BCUT2D eigenvalue weighted by atomic mass is 79.9. The van der Waals surface area contributed by atoms with E-state index in [9.17, 15) is 0 Å². The number of imidazole rings is 1. The smallest absolute Gasteiger partial charge is 0.125 e. The molecule has 2 fully saturated rings. The van der Waals surface area contributed by atoms with Crippen LogP contribution in [0, 0.1) is 5.92 Å². The average Bonchev–Trinajstić information content (AvgIpc) is 3.17. The van der Waals surface area contributed by atoms with Crippen LogP contribution >= 0.6 is 28.1 Å². The van der Waals surface area contributed by atoms with Gasteiger partial charge in [-0.3, -0.25) is 0 Å². The number of halogens is 1. The summed E-state index contributed by atoms with van der Waals surface area (Å²) in [5.74, 6) is 2.00. The molecule has 22 heavy (non-hydrogen) atoms. The van der Waals surface area contributed by atoms with E-state index >= 15 is 0 Å². The summed E-state index contributed by atoms with van der Waals surface area (Å²) >= 11 is 9.02. The van der Waals surface area contributed by atoms with E-state index in [0.717, 1.165) is 46.0 Å². The van der Waals surface area contributed by atoms with E-state index in [1.54, 1.807) is 0 Å². The first-order valence-electron chi connectivity index (χ1n) is 7.60. The first kappa shape index (κ1) is 14.4. The van der Waals surface area contributed by atoms with Crippen LogP contribution in [0.3, 0.4) is 0 Å². The Balaban J connectivity index is 1.71. The topological polar surface area (TPSA) is 29.9 Å². The molecule has 114 valence electrons. The molecule has 1 atom stereocenters. The quantitative estimate of drug-likeness (QED) is 0.817. The third kappa shape index (κ3) is 2.22. The molecule has 0 aromatic carbocycles. The Hall–Kier alpha value is -1.20. The lowest BCUT2D eigenvalue weighted by atomic mass is 9.67. The van der Waals surface area contributed by atoms with Gasteiger partial charge in [-0.2, -0.15) is 0 Å². The second kappa shape index (κ2) is 4.90. The van der Waals surface area contributed by atoms with Crippen LogP contribution in [0.25, 0.3) is 0 Å². The fourth-order valence-electron chi connectivity index (χ4n) is 3.54. The highest BCUT2D eigenvalue weighted by Gasteiger charge is 2.49. The van der Waals surface area contributed by atoms with Gasteiger partial charge in [0.2, 0.25) is 0 Å². The molecule has 1 N–H and O–H groups in total. The first-order chi connectivity index (χ1) is 10.5. The highest BCUT2D eigenvalue weighted by Crippen LogP contribution is 2.46. The van der Waals surface area contributed by atoms with E-state index in [4.69, 9.17) is 12.2 Å². The van der Waals surface area contributed by atoms with E-state index in [0.29, 0.717) is 0 Å². The predicted molar refractivity (Wildman–Crippen MR) is 96.1 cm³/mol. The maximum Gasteiger partial charge on any atom is 0.125 e. The van der Waals surface area contributed by atoms with E-state index < -0.39 is 0 Å². The monoisotopic (exact) mass is 375 g/mol. The number of aromatic nitrogens is 2. The van der Waals surface area contributed by atoms with Crippen LogP contribution in [0.1, 0.15) is 30.8 Å². The zero-order chi connectivity index (χ0) is 15.5. The molecular formula is C17H18BrN3S. The van der Waals surface area contributed by atoms with Crippen LogP contribution in [0.2, 0.25) is 0 Å². The number of nitrogens with one attached hydrogen (secondary N) is 1. The van der Waals surface area contributed by atoms with Crippen molar-refractivity contribution in [1.29, 1.82) is 0 Å². The van der Waals surface area contributed by atoms with Crippen LogP contribution in [-0.2, 0) is 13.0 Å². The summed E-state index contributed by atoms with van der Waals surface area (Å²) in [6.07, 6.45) is 8.64. The molecule has 1 spiro atoms.